The van der Waals surface area contributed by atoms with Gasteiger partial charge in [0.25, 0.3) is 0 Å². The number of methoxy groups -OCH3 is 1. The van der Waals surface area contributed by atoms with Crippen molar-refractivity contribution in [2.75, 3.05) is 26.9 Å². The number of rotatable bonds is 7. The van der Waals surface area contributed by atoms with Gasteiger partial charge in [0.2, 0.25) is 0 Å². The standard InChI is InChI=1S/C15H20F3NO2/c1-20-14-5-3-2-4-13(14)11-8-12(9-11)19-6-7-21-10-15(16,17)18/h2-5,11-12,19H,6-10H2,1H3. The van der Waals surface area contributed by atoms with Gasteiger partial charge in [-0.05, 0) is 30.4 Å². The second-order valence-electron chi connectivity index (χ2n) is 5.23. The first-order valence-corrected chi connectivity index (χ1v) is 7.00. The van der Waals surface area contributed by atoms with Gasteiger partial charge in [-0.25, -0.2) is 0 Å². The maximum absolute atomic E-state index is 11.9. The molecule has 1 N–H and O–H groups in total. The van der Waals surface area contributed by atoms with E-state index in [0.29, 0.717) is 18.5 Å². The Morgan fingerprint density at radius 1 is 1.24 bits per heavy atom. The molecule has 2 rings (SSSR count). The van der Waals surface area contributed by atoms with Crippen LogP contribution in [0.4, 0.5) is 13.2 Å². The molecule has 1 aromatic carbocycles. The van der Waals surface area contributed by atoms with Gasteiger partial charge in [-0.3, -0.25) is 0 Å². The van der Waals surface area contributed by atoms with E-state index in [2.05, 4.69) is 16.1 Å². The minimum absolute atomic E-state index is 0.0787. The summed E-state index contributed by atoms with van der Waals surface area (Å²) >= 11 is 0. The van der Waals surface area contributed by atoms with Crippen molar-refractivity contribution in [3.8, 4) is 5.75 Å². The van der Waals surface area contributed by atoms with Crippen LogP contribution < -0.4 is 10.1 Å². The van der Waals surface area contributed by atoms with Gasteiger partial charge in [0.05, 0.1) is 13.7 Å². The van der Waals surface area contributed by atoms with Crippen LogP contribution >= 0.6 is 0 Å². The molecule has 0 saturated heterocycles. The molecule has 0 unspecified atom stereocenters. The first-order valence-electron chi connectivity index (χ1n) is 7.00. The number of halogens is 3. The lowest BCUT2D eigenvalue weighted by molar-refractivity contribution is -0.173. The molecule has 0 heterocycles. The molecule has 0 aliphatic heterocycles. The van der Waals surface area contributed by atoms with Crippen LogP contribution in [0.3, 0.4) is 0 Å². The number of hydrogen-bond acceptors (Lipinski definition) is 3. The molecule has 6 heteroatoms. The lowest BCUT2D eigenvalue weighted by Crippen LogP contribution is -2.41. The predicted octanol–water partition coefficient (Wildman–Crippen LogP) is 3.11. The van der Waals surface area contributed by atoms with Crippen LogP contribution in [0, 0.1) is 0 Å². The molecule has 21 heavy (non-hydrogen) atoms. The third-order valence-electron chi connectivity index (χ3n) is 3.66. The van der Waals surface area contributed by atoms with Gasteiger partial charge in [0.1, 0.15) is 12.4 Å². The number of nitrogens with one attached hydrogen (secondary N) is 1. The zero-order chi connectivity index (χ0) is 15.3. The zero-order valence-corrected chi connectivity index (χ0v) is 12.0. The van der Waals surface area contributed by atoms with Gasteiger partial charge in [-0.15, -0.1) is 0 Å². The maximum Gasteiger partial charge on any atom is 0.411 e. The maximum atomic E-state index is 11.9. The van der Waals surface area contributed by atoms with Crippen LogP contribution in [0.5, 0.6) is 5.75 Å². The van der Waals surface area contributed by atoms with Gasteiger partial charge < -0.3 is 14.8 Å². The van der Waals surface area contributed by atoms with Gasteiger partial charge >= 0.3 is 6.18 Å². The van der Waals surface area contributed by atoms with Gasteiger partial charge in [-0.2, -0.15) is 13.2 Å². The number of benzene rings is 1. The minimum atomic E-state index is -4.24. The quantitative estimate of drug-likeness (QED) is 0.785. The molecule has 1 aliphatic rings. The Morgan fingerprint density at radius 2 is 1.95 bits per heavy atom. The van der Waals surface area contributed by atoms with Gasteiger partial charge in [0, 0.05) is 12.6 Å². The highest BCUT2D eigenvalue weighted by molar-refractivity contribution is 5.37. The van der Waals surface area contributed by atoms with Crippen LogP contribution in [-0.4, -0.2) is 39.1 Å². The summed E-state index contributed by atoms with van der Waals surface area (Å²) in [6.07, 6.45) is -2.30. The van der Waals surface area contributed by atoms with E-state index in [0.717, 1.165) is 18.6 Å². The highest BCUT2D eigenvalue weighted by Crippen LogP contribution is 2.40. The van der Waals surface area contributed by atoms with Crippen molar-refractivity contribution in [2.24, 2.45) is 0 Å². The van der Waals surface area contributed by atoms with Crippen molar-refractivity contribution in [3.05, 3.63) is 29.8 Å². The molecule has 1 aromatic rings. The lowest BCUT2D eigenvalue weighted by atomic mass is 9.75. The number of para-hydroxylation sites is 1. The van der Waals surface area contributed by atoms with E-state index in [-0.39, 0.29) is 6.61 Å². The van der Waals surface area contributed by atoms with E-state index in [1.807, 2.05) is 18.2 Å². The topological polar surface area (TPSA) is 30.5 Å². The molecule has 0 atom stereocenters. The Labute approximate surface area is 122 Å². The third kappa shape index (κ3) is 4.89. The fraction of sp³-hybridized carbons (Fsp3) is 0.600. The molecular weight excluding hydrogens is 283 g/mol. The summed E-state index contributed by atoms with van der Waals surface area (Å²) in [5.41, 5.74) is 1.20. The van der Waals surface area contributed by atoms with Crippen LogP contribution in [0.15, 0.2) is 24.3 Å². The zero-order valence-electron chi connectivity index (χ0n) is 12.0. The monoisotopic (exact) mass is 303 g/mol. The van der Waals surface area contributed by atoms with Crippen LogP contribution in [-0.2, 0) is 4.74 Å². The molecule has 3 nitrogen and oxygen atoms in total. The van der Waals surface area contributed by atoms with Crippen molar-refractivity contribution in [1.29, 1.82) is 0 Å². The molecule has 0 aromatic heterocycles. The SMILES string of the molecule is COc1ccccc1C1CC(NCCOCC(F)(F)F)C1. The third-order valence-corrected chi connectivity index (χ3v) is 3.66. The number of hydrogen-bond donors (Lipinski definition) is 1. The number of ether oxygens (including phenoxy) is 2. The van der Waals surface area contributed by atoms with Crippen molar-refractivity contribution < 1.29 is 22.6 Å². The minimum Gasteiger partial charge on any atom is -0.496 e. The van der Waals surface area contributed by atoms with Crippen molar-refractivity contribution >= 4 is 0 Å². The van der Waals surface area contributed by atoms with E-state index < -0.39 is 12.8 Å². The predicted molar refractivity (Wildman–Crippen MR) is 73.6 cm³/mol. The normalized spacial score (nSPS) is 21.9. The van der Waals surface area contributed by atoms with E-state index in [1.165, 1.54) is 5.56 Å². The van der Waals surface area contributed by atoms with E-state index >= 15 is 0 Å². The van der Waals surface area contributed by atoms with E-state index in [4.69, 9.17) is 4.74 Å². The Kier molecular flexibility index (Phi) is 5.47. The lowest BCUT2D eigenvalue weighted by Gasteiger charge is -2.37. The molecule has 118 valence electrons. The summed E-state index contributed by atoms with van der Waals surface area (Å²) in [5, 5.41) is 3.21. The van der Waals surface area contributed by atoms with Gasteiger partial charge in [0.15, 0.2) is 0 Å². The smallest absolute Gasteiger partial charge is 0.411 e. The van der Waals surface area contributed by atoms with Crippen molar-refractivity contribution in [3.63, 3.8) is 0 Å². The van der Waals surface area contributed by atoms with E-state index in [1.54, 1.807) is 7.11 Å². The van der Waals surface area contributed by atoms with Crippen LogP contribution in [0.2, 0.25) is 0 Å². The van der Waals surface area contributed by atoms with Crippen LogP contribution in [0.1, 0.15) is 24.3 Å². The summed E-state index contributed by atoms with van der Waals surface area (Å²) in [6.45, 7) is -0.655. The fourth-order valence-corrected chi connectivity index (χ4v) is 2.57. The Bertz CT molecular complexity index is 445. The average Bonchev–Trinajstić information content (AvgIpc) is 2.39. The first-order chi connectivity index (χ1) is 9.99. The Hall–Kier alpha value is -1.27. The Morgan fingerprint density at radius 3 is 2.62 bits per heavy atom. The molecule has 1 aliphatic carbocycles. The number of alkyl halides is 3. The fourth-order valence-electron chi connectivity index (χ4n) is 2.57. The second kappa shape index (κ2) is 7.13. The summed E-state index contributed by atoms with van der Waals surface area (Å²) in [7, 11) is 1.66. The molecule has 0 bridgehead atoms. The van der Waals surface area contributed by atoms with Crippen molar-refractivity contribution in [1.82, 2.24) is 5.32 Å². The molecule has 0 radical (unpaired) electrons. The highest BCUT2D eigenvalue weighted by atomic mass is 19.4. The molecule has 1 saturated carbocycles. The highest BCUT2D eigenvalue weighted by Gasteiger charge is 2.31. The molecule has 0 spiro atoms. The van der Waals surface area contributed by atoms with Crippen LogP contribution in [0.25, 0.3) is 0 Å². The largest absolute Gasteiger partial charge is 0.496 e. The summed E-state index contributed by atoms with van der Waals surface area (Å²) in [6, 6.07) is 8.28. The first kappa shape index (κ1) is 16.1. The summed E-state index contributed by atoms with van der Waals surface area (Å²) in [4.78, 5) is 0. The van der Waals surface area contributed by atoms with Crippen molar-refractivity contribution in [2.45, 2.75) is 31.0 Å². The molecule has 0 amide bonds. The molecule has 1 fully saturated rings. The Balaban J connectivity index is 1.63. The summed E-state index contributed by atoms with van der Waals surface area (Å²) in [5.74, 6) is 1.35. The second-order valence-corrected chi connectivity index (χ2v) is 5.23. The summed E-state index contributed by atoms with van der Waals surface area (Å²) < 4.78 is 45.5. The average molecular weight is 303 g/mol. The van der Waals surface area contributed by atoms with Gasteiger partial charge in [-0.1, -0.05) is 18.2 Å². The van der Waals surface area contributed by atoms with E-state index in [9.17, 15) is 13.2 Å². The molecular formula is C15H20F3NO2.